The van der Waals surface area contributed by atoms with Crippen LogP contribution < -0.4 is 10.2 Å². The molecular formula is C16H24N4S. The Hall–Kier alpha value is -1.36. The van der Waals surface area contributed by atoms with E-state index in [9.17, 15) is 0 Å². The number of piperidine rings is 1. The Kier molecular flexibility index (Phi) is 4.02. The quantitative estimate of drug-likeness (QED) is 0.921. The fourth-order valence-electron chi connectivity index (χ4n) is 2.93. The molecule has 0 bridgehead atoms. The van der Waals surface area contributed by atoms with Gasteiger partial charge in [0.15, 0.2) is 0 Å². The molecule has 1 N–H and O–H groups in total. The van der Waals surface area contributed by atoms with Gasteiger partial charge in [-0.1, -0.05) is 20.3 Å². The van der Waals surface area contributed by atoms with Gasteiger partial charge in [0.25, 0.3) is 0 Å². The minimum atomic E-state index is 0.502. The second-order valence-electron chi connectivity index (χ2n) is 6.19. The van der Waals surface area contributed by atoms with Gasteiger partial charge in [-0.2, -0.15) is 4.98 Å². The van der Waals surface area contributed by atoms with Crippen LogP contribution in [0, 0.1) is 5.41 Å². The van der Waals surface area contributed by atoms with Crippen LogP contribution in [0.5, 0.6) is 0 Å². The van der Waals surface area contributed by atoms with Crippen LogP contribution in [0.3, 0.4) is 0 Å². The average Bonchev–Trinajstić information content (AvgIpc) is 2.96. The highest BCUT2D eigenvalue weighted by Crippen LogP contribution is 2.37. The number of rotatable bonds is 4. The molecule has 114 valence electrons. The van der Waals surface area contributed by atoms with Gasteiger partial charge < -0.3 is 10.2 Å². The molecule has 5 heteroatoms. The van der Waals surface area contributed by atoms with E-state index in [1.54, 1.807) is 11.3 Å². The first-order valence-corrected chi connectivity index (χ1v) is 8.77. The standard InChI is InChI=1S/C16H24N4S/c1-4-16(3)7-9-20(10-8-16)13-12-6-11-21-14(12)19-15(18-13)17-5-2/h6,11H,4-5,7-10H2,1-3H3,(H,17,18,19). The van der Waals surface area contributed by atoms with Gasteiger partial charge in [-0.15, -0.1) is 11.3 Å². The zero-order chi connectivity index (χ0) is 14.9. The Morgan fingerprint density at radius 2 is 2.05 bits per heavy atom. The van der Waals surface area contributed by atoms with Crippen LogP contribution in [0.25, 0.3) is 10.2 Å². The Morgan fingerprint density at radius 3 is 2.71 bits per heavy atom. The first-order valence-electron chi connectivity index (χ1n) is 7.89. The molecule has 0 spiro atoms. The van der Waals surface area contributed by atoms with E-state index in [1.165, 1.54) is 24.6 Å². The Labute approximate surface area is 130 Å². The highest BCUT2D eigenvalue weighted by molar-refractivity contribution is 7.16. The molecule has 0 aliphatic carbocycles. The number of hydrogen-bond donors (Lipinski definition) is 1. The van der Waals surface area contributed by atoms with Gasteiger partial charge in [-0.3, -0.25) is 0 Å². The summed E-state index contributed by atoms with van der Waals surface area (Å²) < 4.78 is 0. The molecule has 2 aromatic rings. The van der Waals surface area contributed by atoms with Crippen molar-refractivity contribution in [2.24, 2.45) is 5.41 Å². The summed E-state index contributed by atoms with van der Waals surface area (Å²) in [5, 5.41) is 6.56. The van der Waals surface area contributed by atoms with E-state index in [0.29, 0.717) is 5.41 Å². The minimum absolute atomic E-state index is 0.502. The molecule has 21 heavy (non-hydrogen) atoms. The van der Waals surface area contributed by atoms with E-state index >= 15 is 0 Å². The van der Waals surface area contributed by atoms with E-state index < -0.39 is 0 Å². The van der Waals surface area contributed by atoms with Crippen LogP contribution >= 0.6 is 11.3 Å². The molecule has 0 radical (unpaired) electrons. The fraction of sp³-hybridized carbons (Fsp3) is 0.625. The molecule has 0 unspecified atom stereocenters. The number of thiophene rings is 1. The largest absolute Gasteiger partial charge is 0.356 e. The van der Waals surface area contributed by atoms with Gasteiger partial charge in [0.05, 0.1) is 5.39 Å². The molecule has 3 heterocycles. The van der Waals surface area contributed by atoms with Crippen LogP contribution in [0.1, 0.15) is 40.0 Å². The van der Waals surface area contributed by atoms with Crippen LogP contribution in [0.15, 0.2) is 11.4 Å². The second-order valence-corrected chi connectivity index (χ2v) is 7.09. The van der Waals surface area contributed by atoms with E-state index in [1.807, 2.05) is 0 Å². The molecule has 2 aromatic heterocycles. The van der Waals surface area contributed by atoms with Gasteiger partial charge >= 0.3 is 0 Å². The lowest BCUT2D eigenvalue weighted by Gasteiger charge is -2.39. The Bertz CT molecular complexity index is 614. The van der Waals surface area contributed by atoms with Gasteiger partial charge in [0.1, 0.15) is 10.6 Å². The fourth-order valence-corrected chi connectivity index (χ4v) is 3.69. The molecule has 4 nitrogen and oxygen atoms in total. The van der Waals surface area contributed by atoms with Crippen molar-refractivity contribution in [3.63, 3.8) is 0 Å². The number of nitrogens with zero attached hydrogens (tertiary/aromatic N) is 3. The summed E-state index contributed by atoms with van der Waals surface area (Å²) in [5.41, 5.74) is 0.502. The van der Waals surface area contributed by atoms with Crippen molar-refractivity contribution in [3.8, 4) is 0 Å². The molecule has 0 saturated carbocycles. The summed E-state index contributed by atoms with van der Waals surface area (Å²) in [6, 6.07) is 2.15. The van der Waals surface area contributed by atoms with Crippen LogP contribution in [-0.4, -0.2) is 29.6 Å². The monoisotopic (exact) mass is 304 g/mol. The van der Waals surface area contributed by atoms with Crippen molar-refractivity contribution in [1.29, 1.82) is 0 Å². The zero-order valence-corrected chi connectivity index (χ0v) is 14.0. The summed E-state index contributed by atoms with van der Waals surface area (Å²) in [5.74, 6) is 1.86. The SMILES string of the molecule is CCNc1nc(N2CCC(C)(CC)CC2)c2ccsc2n1. The normalized spacial score (nSPS) is 18.1. The molecule has 1 aliphatic heterocycles. The summed E-state index contributed by atoms with van der Waals surface area (Å²) >= 11 is 1.69. The first kappa shape index (κ1) is 14.6. The average molecular weight is 304 g/mol. The maximum absolute atomic E-state index is 4.77. The number of aromatic nitrogens is 2. The summed E-state index contributed by atoms with van der Waals surface area (Å²) in [7, 11) is 0. The molecule has 3 rings (SSSR count). The van der Waals surface area contributed by atoms with E-state index in [2.05, 4.69) is 47.4 Å². The maximum atomic E-state index is 4.77. The third-order valence-electron chi connectivity index (χ3n) is 4.76. The first-order chi connectivity index (χ1) is 10.1. The van der Waals surface area contributed by atoms with E-state index in [0.717, 1.165) is 36.2 Å². The predicted molar refractivity (Wildman–Crippen MR) is 91.4 cm³/mol. The zero-order valence-electron chi connectivity index (χ0n) is 13.1. The third kappa shape index (κ3) is 2.84. The number of fused-ring (bicyclic) bond motifs is 1. The van der Waals surface area contributed by atoms with E-state index in [4.69, 9.17) is 4.98 Å². The van der Waals surface area contributed by atoms with Crippen LogP contribution in [-0.2, 0) is 0 Å². The lowest BCUT2D eigenvalue weighted by Crippen LogP contribution is -2.39. The summed E-state index contributed by atoms with van der Waals surface area (Å²) in [6.45, 7) is 9.84. The molecule has 1 fully saturated rings. The Morgan fingerprint density at radius 1 is 1.29 bits per heavy atom. The predicted octanol–water partition coefficient (Wildman–Crippen LogP) is 4.14. The third-order valence-corrected chi connectivity index (χ3v) is 5.57. The maximum Gasteiger partial charge on any atom is 0.226 e. The second kappa shape index (κ2) is 5.79. The molecule has 1 aliphatic rings. The summed E-state index contributed by atoms with van der Waals surface area (Å²) in [4.78, 5) is 12.9. The lowest BCUT2D eigenvalue weighted by atomic mass is 9.78. The Balaban J connectivity index is 1.91. The molecule has 0 aromatic carbocycles. The van der Waals surface area contributed by atoms with E-state index in [-0.39, 0.29) is 0 Å². The van der Waals surface area contributed by atoms with Gasteiger partial charge in [0.2, 0.25) is 5.95 Å². The number of anilines is 2. The lowest BCUT2D eigenvalue weighted by molar-refractivity contribution is 0.238. The van der Waals surface area contributed by atoms with Crippen molar-refractivity contribution in [3.05, 3.63) is 11.4 Å². The van der Waals surface area contributed by atoms with Crippen LogP contribution in [0.2, 0.25) is 0 Å². The highest BCUT2D eigenvalue weighted by Gasteiger charge is 2.29. The van der Waals surface area contributed by atoms with Crippen molar-refractivity contribution in [2.45, 2.75) is 40.0 Å². The molecule has 0 amide bonds. The highest BCUT2D eigenvalue weighted by atomic mass is 32.1. The molecule has 1 saturated heterocycles. The molecular weight excluding hydrogens is 280 g/mol. The number of nitrogens with one attached hydrogen (secondary N) is 1. The van der Waals surface area contributed by atoms with Gasteiger partial charge in [0, 0.05) is 19.6 Å². The number of hydrogen-bond acceptors (Lipinski definition) is 5. The van der Waals surface area contributed by atoms with Gasteiger partial charge in [-0.25, -0.2) is 4.98 Å². The van der Waals surface area contributed by atoms with Gasteiger partial charge in [-0.05, 0) is 36.6 Å². The van der Waals surface area contributed by atoms with Crippen molar-refractivity contribution < 1.29 is 0 Å². The summed E-state index contributed by atoms with van der Waals surface area (Å²) in [6.07, 6.45) is 3.76. The minimum Gasteiger partial charge on any atom is -0.356 e. The topological polar surface area (TPSA) is 41.1 Å². The van der Waals surface area contributed by atoms with Crippen molar-refractivity contribution >= 4 is 33.3 Å². The van der Waals surface area contributed by atoms with Crippen molar-refractivity contribution in [1.82, 2.24) is 9.97 Å². The van der Waals surface area contributed by atoms with Crippen LogP contribution in [0.4, 0.5) is 11.8 Å². The van der Waals surface area contributed by atoms with Crippen molar-refractivity contribution in [2.75, 3.05) is 29.9 Å². The smallest absolute Gasteiger partial charge is 0.226 e. The molecule has 0 atom stereocenters.